The Kier molecular flexibility index (Phi) is 9.02. The molecule has 0 spiro atoms. The minimum absolute atomic E-state index is 0.00259. The van der Waals surface area contributed by atoms with Gasteiger partial charge in [0.1, 0.15) is 11.5 Å². The number of carbonyl (C=O) groups is 1. The van der Waals surface area contributed by atoms with Crippen LogP contribution < -0.4 is 26.8 Å². The molecule has 0 atom stereocenters. The number of benzene rings is 2. The van der Waals surface area contributed by atoms with Gasteiger partial charge in [0.15, 0.2) is 0 Å². The summed E-state index contributed by atoms with van der Waals surface area (Å²) in [5.74, 6) is -0.240. The Balaban J connectivity index is 1.99. The van der Waals surface area contributed by atoms with E-state index in [1.165, 1.54) is 4.57 Å². The van der Waals surface area contributed by atoms with E-state index >= 15 is 0 Å². The van der Waals surface area contributed by atoms with Crippen molar-refractivity contribution >= 4 is 23.1 Å². The fourth-order valence-corrected chi connectivity index (χ4v) is 3.81. The zero-order chi connectivity index (χ0) is 25.2. The van der Waals surface area contributed by atoms with Crippen LogP contribution in [0.5, 0.6) is 0 Å². The van der Waals surface area contributed by atoms with Crippen LogP contribution in [-0.4, -0.2) is 48.8 Å². The average molecular weight is 478 g/mol. The van der Waals surface area contributed by atoms with E-state index in [2.05, 4.69) is 11.6 Å². The molecule has 9 heteroatoms. The number of nitrogens with one attached hydrogen (secondary N) is 1. The van der Waals surface area contributed by atoms with Gasteiger partial charge in [-0.1, -0.05) is 54.6 Å². The fourth-order valence-electron chi connectivity index (χ4n) is 3.81. The van der Waals surface area contributed by atoms with E-state index in [0.29, 0.717) is 31.8 Å². The van der Waals surface area contributed by atoms with Crippen molar-refractivity contribution in [3.63, 3.8) is 0 Å². The number of aromatic nitrogens is 2. The predicted octanol–water partition coefficient (Wildman–Crippen LogP) is 2.23. The SMILES string of the molecule is C=CCN(C(=O)CN(CCCOC)c1c(N)n(Cc2ccccc2)c(=O)[nH]c1=O)c1ccccc1. The smallest absolute Gasteiger partial charge is 0.330 e. The zero-order valence-electron chi connectivity index (χ0n) is 19.9. The van der Waals surface area contributed by atoms with E-state index in [-0.39, 0.29) is 30.5 Å². The molecule has 0 unspecified atom stereocenters. The molecule has 2 aromatic carbocycles. The second kappa shape index (κ2) is 12.4. The summed E-state index contributed by atoms with van der Waals surface area (Å²) in [4.78, 5) is 44.5. The van der Waals surface area contributed by atoms with Crippen LogP contribution in [0.3, 0.4) is 0 Å². The van der Waals surface area contributed by atoms with Crippen molar-refractivity contribution in [2.75, 3.05) is 48.9 Å². The minimum Gasteiger partial charge on any atom is -0.385 e. The van der Waals surface area contributed by atoms with Crippen LogP contribution in [-0.2, 0) is 16.1 Å². The third-order valence-electron chi connectivity index (χ3n) is 5.50. The van der Waals surface area contributed by atoms with E-state index in [1.807, 2.05) is 60.7 Å². The van der Waals surface area contributed by atoms with E-state index in [0.717, 1.165) is 5.56 Å². The Hall–Kier alpha value is -4.11. The Morgan fingerprint density at radius 2 is 1.77 bits per heavy atom. The molecular weight excluding hydrogens is 446 g/mol. The number of nitrogen functional groups attached to an aromatic ring is 1. The van der Waals surface area contributed by atoms with Gasteiger partial charge in [0.25, 0.3) is 5.56 Å². The largest absolute Gasteiger partial charge is 0.385 e. The van der Waals surface area contributed by atoms with Crippen molar-refractivity contribution < 1.29 is 9.53 Å². The number of carbonyl (C=O) groups excluding carboxylic acids is 1. The van der Waals surface area contributed by atoms with Crippen LogP contribution in [0.25, 0.3) is 0 Å². The van der Waals surface area contributed by atoms with Gasteiger partial charge in [-0.05, 0) is 24.1 Å². The normalized spacial score (nSPS) is 10.7. The fraction of sp³-hybridized carbons (Fsp3) is 0.269. The summed E-state index contributed by atoms with van der Waals surface area (Å²) in [5, 5.41) is 0. The highest BCUT2D eigenvalue weighted by molar-refractivity contribution is 5.97. The molecule has 0 bridgehead atoms. The van der Waals surface area contributed by atoms with Crippen molar-refractivity contribution in [2.45, 2.75) is 13.0 Å². The lowest BCUT2D eigenvalue weighted by Gasteiger charge is -2.29. The zero-order valence-corrected chi connectivity index (χ0v) is 19.9. The second-order valence-corrected chi connectivity index (χ2v) is 7.96. The number of rotatable bonds is 12. The number of amides is 1. The molecule has 1 amide bonds. The summed E-state index contributed by atoms with van der Waals surface area (Å²) in [6, 6.07) is 18.5. The summed E-state index contributed by atoms with van der Waals surface area (Å²) in [5.41, 5.74) is 6.78. The van der Waals surface area contributed by atoms with Crippen molar-refractivity contribution in [3.05, 3.63) is 99.7 Å². The molecule has 0 aliphatic carbocycles. The molecule has 0 radical (unpaired) electrons. The van der Waals surface area contributed by atoms with E-state index in [4.69, 9.17) is 10.5 Å². The number of aromatic amines is 1. The van der Waals surface area contributed by atoms with Gasteiger partial charge in [0.2, 0.25) is 5.91 Å². The summed E-state index contributed by atoms with van der Waals surface area (Å²) < 4.78 is 6.47. The van der Waals surface area contributed by atoms with Gasteiger partial charge in [0, 0.05) is 32.5 Å². The molecule has 3 rings (SSSR count). The highest BCUT2D eigenvalue weighted by Gasteiger charge is 2.24. The van der Waals surface area contributed by atoms with Crippen LogP contribution in [0.4, 0.5) is 17.2 Å². The van der Waals surface area contributed by atoms with E-state index < -0.39 is 11.2 Å². The first-order chi connectivity index (χ1) is 17.0. The molecule has 1 heterocycles. The first-order valence-electron chi connectivity index (χ1n) is 11.3. The lowest BCUT2D eigenvalue weighted by Crippen LogP contribution is -2.45. The molecule has 0 aliphatic heterocycles. The third-order valence-corrected chi connectivity index (χ3v) is 5.50. The Labute approximate surface area is 204 Å². The monoisotopic (exact) mass is 477 g/mol. The van der Waals surface area contributed by atoms with Crippen molar-refractivity contribution in [1.82, 2.24) is 9.55 Å². The number of methoxy groups -OCH3 is 1. The number of H-pyrrole nitrogens is 1. The number of anilines is 3. The number of nitrogens with two attached hydrogens (primary N) is 1. The summed E-state index contributed by atoms with van der Waals surface area (Å²) >= 11 is 0. The number of para-hydroxylation sites is 1. The standard InChI is InChI=1S/C26H31N5O4/c1-3-15-30(21-13-8-5-9-14-21)22(32)19-29(16-10-17-35-2)23-24(27)31(26(34)28-25(23)33)18-20-11-6-4-7-12-20/h3-9,11-14H,1,10,15-19,27H2,2H3,(H,28,33,34). The molecule has 0 saturated heterocycles. The molecule has 1 aromatic heterocycles. The summed E-state index contributed by atoms with van der Waals surface area (Å²) in [6.45, 7) is 4.88. The van der Waals surface area contributed by atoms with E-state index in [9.17, 15) is 14.4 Å². The average Bonchev–Trinajstić information content (AvgIpc) is 2.86. The Morgan fingerprint density at radius 1 is 1.11 bits per heavy atom. The van der Waals surface area contributed by atoms with Gasteiger partial charge in [-0.25, -0.2) is 4.79 Å². The maximum absolute atomic E-state index is 13.4. The Morgan fingerprint density at radius 3 is 2.40 bits per heavy atom. The number of ether oxygens (including phenoxy) is 1. The highest BCUT2D eigenvalue weighted by atomic mass is 16.5. The summed E-state index contributed by atoms with van der Waals surface area (Å²) in [7, 11) is 1.58. The summed E-state index contributed by atoms with van der Waals surface area (Å²) in [6.07, 6.45) is 2.19. The second-order valence-electron chi connectivity index (χ2n) is 7.96. The topological polar surface area (TPSA) is 114 Å². The lowest BCUT2D eigenvalue weighted by atomic mass is 10.2. The van der Waals surface area contributed by atoms with E-state index in [1.54, 1.807) is 23.0 Å². The number of hydrogen-bond acceptors (Lipinski definition) is 6. The highest BCUT2D eigenvalue weighted by Crippen LogP contribution is 2.20. The van der Waals surface area contributed by atoms with Crippen LogP contribution in [0, 0.1) is 0 Å². The molecule has 9 nitrogen and oxygen atoms in total. The third kappa shape index (κ3) is 6.48. The molecule has 3 N–H and O–H groups in total. The molecule has 3 aromatic rings. The Bertz CT molecular complexity index is 1240. The van der Waals surface area contributed by atoms with Crippen molar-refractivity contribution in [1.29, 1.82) is 0 Å². The molecule has 184 valence electrons. The van der Waals surface area contributed by atoms with Crippen LogP contribution in [0.15, 0.2) is 82.9 Å². The first kappa shape index (κ1) is 25.5. The maximum atomic E-state index is 13.4. The number of nitrogens with zero attached hydrogens (tertiary/aromatic N) is 3. The van der Waals surface area contributed by atoms with Gasteiger partial charge >= 0.3 is 5.69 Å². The predicted molar refractivity (Wildman–Crippen MR) is 139 cm³/mol. The van der Waals surface area contributed by atoms with Gasteiger partial charge in [-0.3, -0.25) is 19.1 Å². The van der Waals surface area contributed by atoms with Crippen LogP contribution in [0.2, 0.25) is 0 Å². The molecule has 0 aliphatic rings. The minimum atomic E-state index is -0.642. The quantitative estimate of drug-likeness (QED) is 0.306. The number of hydrogen-bond donors (Lipinski definition) is 2. The van der Waals surface area contributed by atoms with Gasteiger partial charge < -0.3 is 20.3 Å². The molecule has 0 fully saturated rings. The first-order valence-corrected chi connectivity index (χ1v) is 11.3. The van der Waals surface area contributed by atoms with Gasteiger partial charge in [-0.2, -0.15) is 0 Å². The van der Waals surface area contributed by atoms with Gasteiger partial charge in [0.05, 0.1) is 13.1 Å². The van der Waals surface area contributed by atoms with Crippen molar-refractivity contribution in [3.8, 4) is 0 Å². The lowest BCUT2D eigenvalue weighted by molar-refractivity contribution is -0.117. The molecule has 0 saturated carbocycles. The molecular formula is C26H31N5O4. The van der Waals surface area contributed by atoms with Crippen LogP contribution >= 0.6 is 0 Å². The maximum Gasteiger partial charge on any atom is 0.330 e. The molecule has 35 heavy (non-hydrogen) atoms. The van der Waals surface area contributed by atoms with Crippen molar-refractivity contribution in [2.24, 2.45) is 0 Å². The van der Waals surface area contributed by atoms with Gasteiger partial charge in [-0.15, -0.1) is 6.58 Å². The van der Waals surface area contributed by atoms with Crippen LogP contribution in [0.1, 0.15) is 12.0 Å².